The van der Waals surface area contributed by atoms with Crippen LogP contribution in [0.1, 0.15) is 31.7 Å². The van der Waals surface area contributed by atoms with Gasteiger partial charge in [-0.15, -0.1) is 0 Å². The van der Waals surface area contributed by atoms with Gasteiger partial charge in [0.15, 0.2) is 0 Å². The molecule has 2 N–H and O–H groups in total. The monoisotopic (exact) mass is 289 g/mol. The molecule has 21 heavy (non-hydrogen) atoms. The Morgan fingerprint density at radius 1 is 1.14 bits per heavy atom. The fraction of sp³-hybridized carbons (Fsp3) is 0.500. The fourth-order valence-electron chi connectivity index (χ4n) is 2.46. The standard InChI is InChI=1S/C16H23N3O2/c1-13(20)18-15-6-4-14(5-7-15)12-17-9-8-16(21)19-10-2-3-11-19/h4-7,17H,2-3,8-12H2,1H3,(H,18,20). The zero-order valence-corrected chi connectivity index (χ0v) is 12.5. The van der Waals surface area contributed by atoms with Gasteiger partial charge >= 0.3 is 0 Å². The maximum absolute atomic E-state index is 11.8. The van der Waals surface area contributed by atoms with Gasteiger partial charge in [-0.1, -0.05) is 12.1 Å². The summed E-state index contributed by atoms with van der Waals surface area (Å²) < 4.78 is 0. The number of carbonyl (C=O) groups is 2. The predicted molar refractivity (Wildman–Crippen MR) is 82.9 cm³/mol. The van der Waals surface area contributed by atoms with Crippen molar-refractivity contribution >= 4 is 17.5 Å². The van der Waals surface area contributed by atoms with Crippen molar-refractivity contribution in [2.45, 2.75) is 32.7 Å². The lowest BCUT2D eigenvalue weighted by Gasteiger charge is -2.15. The number of hydrogen-bond donors (Lipinski definition) is 2. The normalized spacial score (nSPS) is 14.2. The molecular weight excluding hydrogens is 266 g/mol. The first-order chi connectivity index (χ1) is 10.1. The van der Waals surface area contributed by atoms with Crippen LogP contribution in [-0.4, -0.2) is 36.3 Å². The molecule has 0 bridgehead atoms. The average molecular weight is 289 g/mol. The molecule has 2 rings (SSSR count). The van der Waals surface area contributed by atoms with E-state index in [-0.39, 0.29) is 11.8 Å². The minimum absolute atomic E-state index is 0.0682. The lowest BCUT2D eigenvalue weighted by Crippen LogP contribution is -2.30. The molecule has 1 saturated heterocycles. The third kappa shape index (κ3) is 5.19. The van der Waals surface area contributed by atoms with Crippen LogP contribution >= 0.6 is 0 Å². The number of nitrogens with zero attached hydrogens (tertiary/aromatic N) is 1. The quantitative estimate of drug-likeness (QED) is 0.784. The summed E-state index contributed by atoms with van der Waals surface area (Å²) in [5, 5.41) is 6.02. The molecule has 0 radical (unpaired) electrons. The van der Waals surface area contributed by atoms with E-state index in [1.54, 1.807) is 0 Å². The van der Waals surface area contributed by atoms with E-state index in [2.05, 4.69) is 10.6 Å². The summed E-state index contributed by atoms with van der Waals surface area (Å²) in [5.41, 5.74) is 1.94. The van der Waals surface area contributed by atoms with E-state index in [1.165, 1.54) is 6.92 Å². The van der Waals surface area contributed by atoms with Crippen molar-refractivity contribution in [3.8, 4) is 0 Å². The molecular formula is C16H23N3O2. The van der Waals surface area contributed by atoms with Gasteiger partial charge < -0.3 is 15.5 Å². The van der Waals surface area contributed by atoms with Gasteiger partial charge in [-0.3, -0.25) is 9.59 Å². The molecule has 1 aliphatic heterocycles. The lowest BCUT2D eigenvalue weighted by atomic mass is 10.2. The highest BCUT2D eigenvalue weighted by atomic mass is 16.2. The third-order valence-electron chi connectivity index (χ3n) is 3.58. The van der Waals surface area contributed by atoms with E-state index in [4.69, 9.17) is 0 Å². The van der Waals surface area contributed by atoms with Crippen molar-refractivity contribution in [3.63, 3.8) is 0 Å². The summed E-state index contributed by atoms with van der Waals surface area (Å²) in [7, 11) is 0. The molecule has 1 aromatic carbocycles. The van der Waals surface area contributed by atoms with Gasteiger partial charge in [-0.05, 0) is 30.5 Å². The zero-order valence-electron chi connectivity index (χ0n) is 12.5. The summed E-state index contributed by atoms with van der Waals surface area (Å²) in [5.74, 6) is 0.183. The van der Waals surface area contributed by atoms with Crippen molar-refractivity contribution in [1.82, 2.24) is 10.2 Å². The largest absolute Gasteiger partial charge is 0.343 e. The molecule has 1 aliphatic rings. The number of rotatable bonds is 6. The summed E-state index contributed by atoms with van der Waals surface area (Å²) in [4.78, 5) is 24.7. The highest BCUT2D eigenvalue weighted by Gasteiger charge is 2.16. The van der Waals surface area contributed by atoms with Crippen molar-refractivity contribution in [2.24, 2.45) is 0 Å². The van der Waals surface area contributed by atoms with E-state index in [0.717, 1.165) is 43.7 Å². The fourth-order valence-corrected chi connectivity index (χ4v) is 2.46. The second-order valence-electron chi connectivity index (χ2n) is 5.39. The first-order valence-electron chi connectivity index (χ1n) is 7.50. The molecule has 1 heterocycles. The van der Waals surface area contributed by atoms with E-state index >= 15 is 0 Å². The van der Waals surface area contributed by atoms with Crippen LogP contribution < -0.4 is 10.6 Å². The molecule has 1 fully saturated rings. The molecule has 0 unspecified atom stereocenters. The van der Waals surface area contributed by atoms with E-state index < -0.39 is 0 Å². The van der Waals surface area contributed by atoms with Gasteiger partial charge in [-0.2, -0.15) is 0 Å². The van der Waals surface area contributed by atoms with Crippen molar-refractivity contribution in [3.05, 3.63) is 29.8 Å². The van der Waals surface area contributed by atoms with Crippen LogP contribution in [0.2, 0.25) is 0 Å². The second kappa shape index (κ2) is 7.78. The Morgan fingerprint density at radius 3 is 2.43 bits per heavy atom. The molecule has 0 spiro atoms. The Bertz CT molecular complexity index is 479. The van der Waals surface area contributed by atoms with Crippen LogP contribution in [0.3, 0.4) is 0 Å². The summed E-state index contributed by atoms with van der Waals surface area (Å²) in [6.45, 7) is 4.76. The Balaban J connectivity index is 1.66. The van der Waals surface area contributed by atoms with E-state index in [1.807, 2.05) is 29.2 Å². The van der Waals surface area contributed by atoms with Crippen molar-refractivity contribution in [2.75, 3.05) is 25.0 Å². The minimum Gasteiger partial charge on any atom is -0.343 e. The number of carbonyl (C=O) groups excluding carboxylic acids is 2. The van der Waals surface area contributed by atoms with Crippen LogP contribution in [0.15, 0.2) is 24.3 Å². The molecule has 5 nitrogen and oxygen atoms in total. The average Bonchev–Trinajstić information content (AvgIpc) is 2.99. The van der Waals surface area contributed by atoms with Crippen LogP contribution in [0, 0.1) is 0 Å². The summed E-state index contributed by atoms with van der Waals surface area (Å²) in [6, 6.07) is 7.71. The molecule has 0 aliphatic carbocycles. The van der Waals surface area contributed by atoms with Gasteiger partial charge in [0.1, 0.15) is 0 Å². The van der Waals surface area contributed by atoms with Crippen LogP contribution in [0.25, 0.3) is 0 Å². The highest BCUT2D eigenvalue weighted by molar-refractivity contribution is 5.88. The maximum atomic E-state index is 11.8. The van der Waals surface area contributed by atoms with E-state index in [9.17, 15) is 9.59 Å². The maximum Gasteiger partial charge on any atom is 0.223 e. The predicted octanol–water partition coefficient (Wildman–Crippen LogP) is 1.75. The summed E-state index contributed by atoms with van der Waals surface area (Å²) in [6.07, 6.45) is 2.84. The first kappa shape index (κ1) is 15.5. The Kier molecular flexibility index (Phi) is 5.75. The molecule has 1 aromatic rings. The number of hydrogen-bond acceptors (Lipinski definition) is 3. The molecule has 2 amide bonds. The second-order valence-corrected chi connectivity index (χ2v) is 5.39. The van der Waals surface area contributed by atoms with Gasteiger partial charge in [-0.25, -0.2) is 0 Å². The lowest BCUT2D eigenvalue weighted by molar-refractivity contribution is -0.130. The number of benzene rings is 1. The molecule has 5 heteroatoms. The Labute approximate surface area is 125 Å². The number of likely N-dealkylation sites (tertiary alicyclic amines) is 1. The first-order valence-corrected chi connectivity index (χ1v) is 7.50. The Morgan fingerprint density at radius 2 is 1.81 bits per heavy atom. The SMILES string of the molecule is CC(=O)Nc1ccc(CNCCC(=O)N2CCCC2)cc1. The van der Waals surface area contributed by atoms with Crippen LogP contribution in [0.4, 0.5) is 5.69 Å². The number of anilines is 1. The third-order valence-corrected chi connectivity index (χ3v) is 3.58. The topological polar surface area (TPSA) is 61.4 Å². The highest BCUT2D eigenvalue weighted by Crippen LogP contribution is 2.10. The van der Waals surface area contributed by atoms with Crippen LogP contribution in [0.5, 0.6) is 0 Å². The minimum atomic E-state index is -0.0682. The van der Waals surface area contributed by atoms with Gasteiger partial charge in [0.05, 0.1) is 0 Å². The zero-order chi connectivity index (χ0) is 15.1. The molecule has 0 saturated carbocycles. The molecule has 0 atom stereocenters. The molecule has 114 valence electrons. The van der Waals surface area contributed by atoms with E-state index in [0.29, 0.717) is 13.0 Å². The Hall–Kier alpha value is -1.88. The van der Waals surface area contributed by atoms with Gasteiger partial charge in [0.25, 0.3) is 0 Å². The van der Waals surface area contributed by atoms with Gasteiger partial charge in [0.2, 0.25) is 11.8 Å². The summed E-state index contributed by atoms with van der Waals surface area (Å²) >= 11 is 0. The van der Waals surface area contributed by atoms with Crippen molar-refractivity contribution in [1.29, 1.82) is 0 Å². The smallest absolute Gasteiger partial charge is 0.223 e. The molecule has 0 aromatic heterocycles. The van der Waals surface area contributed by atoms with Gasteiger partial charge in [0, 0.05) is 45.2 Å². The number of amides is 2. The van der Waals surface area contributed by atoms with Crippen LogP contribution in [-0.2, 0) is 16.1 Å². The number of nitrogens with one attached hydrogen (secondary N) is 2. The van der Waals surface area contributed by atoms with Crippen molar-refractivity contribution < 1.29 is 9.59 Å².